The SMILES string of the molecule is CC(Cn1ccnc1)Nc1ncc(F)cn1. The Labute approximate surface area is 92.4 Å². The monoisotopic (exact) mass is 221 g/mol. The molecule has 2 rings (SSSR count). The third-order valence-corrected chi connectivity index (χ3v) is 2.04. The minimum Gasteiger partial charge on any atom is -0.350 e. The van der Waals surface area contributed by atoms with Crippen molar-refractivity contribution in [2.24, 2.45) is 0 Å². The fourth-order valence-electron chi connectivity index (χ4n) is 1.36. The summed E-state index contributed by atoms with van der Waals surface area (Å²) in [5.74, 6) is -0.0122. The number of nitrogens with zero attached hydrogens (tertiary/aromatic N) is 4. The first kappa shape index (κ1) is 10.5. The van der Waals surface area contributed by atoms with E-state index in [1.807, 2.05) is 17.7 Å². The molecule has 0 aliphatic heterocycles. The number of aromatic nitrogens is 4. The summed E-state index contributed by atoms with van der Waals surface area (Å²) >= 11 is 0. The summed E-state index contributed by atoms with van der Waals surface area (Å²) in [7, 11) is 0. The van der Waals surface area contributed by atoms with Gasteiger partial charge < -0.3 is 9.88 Å². The molecule has 0 amide bonds. The molecule has 1 unspecified atom stereocenters. The molecule has 0 radical (unpaired) electrons. The molecule has 6 heteroatoms. The highest BCUT2D eigenvalue weighted by atomic mass is 19.1. The largest absolute Gasteiger partial charge is 0.350 e. The first-order chi connectivity index (χ1) is 7.74. The van der Waals surface area contributed by atoms with Gasteiger partial charge in [0.05, 0.1) is 18.7 Å². The molecule has 0 aliphatic rings. The van der Waals surface area contributed by atoms with Crippen LogP contribution in [0.2, 0.25) is 0 Å². The molecule has 16 heavy (non-hydrogen) atoms. The van der Waals surface area contributed by atoms with Crippen LogP contribution in [-0.4, -0.2) is 25.6 Å². The van der Waals surface area contributed by atoms with Crippen LogP contribution in [-0.2, 0) is 6.54 Å². The second-order valence-corrected chi connectivity index (χ2v) is 3.53. The zero-order valence-electron chi connectivity index (χ0n) is 8.84. The maximum Gasteiger partial charge on any atom is 0.223 e. The van der Waals surface area contributed by atoms with Crippen LogP contribution >= 0.6 is 0 Å². The molecule has 0 aliphatic carbocycles. The molecule has 5 nitrogen and oxygen atoms in total. The number of nitrogens with one attached hydrogen (secondary N) is 1. The van der Waals surface area contributed by atoms with Crippen molar-refractivity contribution in [1.82, 2.24) is 19.5 Å². The van der Waals surface area contributed by atoms with Gasteiger partial charge in [-0.05, 0) is 6.92 Å². The predicted octanol–water partition coefficient (Wildman–Crippen LogP) is 1.31. The van der Waals surface area contributed by atoms with Gasteiger partial charge in [-0.1, -0.05) is 0 Å². The van der Waals surface area contributed by atoms with E-state index in [9.17, 15) is 4.39 Å². The summed E-state index contributed by atoms with van der Waals surface area (Å²) in [6.07, 6.45) is 7.62. The fourth-order valence-corrected chi connectivity index (χ4v) is 1.36. The Morgan fingerprint density at radius 3 is 2.81 bits per heavy atom. The van der Waals surface area contributed by atoms with E-state index >= 15 is 0 Å². The standard InChI is InChI=1S/C10H12FN5/c1-8(6-16-3-2-12-7-16)15-10-13-4-9(11)5-14-10/h2-5,7-8H,6H2,1H3,(H,13,14,15). The van der Waals surface area contributed by atoms with Gasteiger partial charge in [0.15, 0.2) is 5.82 Å². The maximum absolute atomic E-state index is 12.6. The van der Waals surface area contributed by atoms with Crippen molar-refractivity contribution in [2.45, 2.75) is 19.5 Å². The number of hydrogen-bond donors (Lipinski definition) is 1. The Kier molecular flexibility index (Phi) is 3.09. The van der Waals surface area contributed by atoms with Crippen LogP contribution in [0.5, 0.6) is 0 Å². The lowest BCUT2D eigenvalue weighted by molar-refractivity contribution is 0.602. The summed E-state index contributed by atoms with van der Waals surface area (Å²) in [5.41, 5.74) is 0. The van der Waals surface area contributed by atoms with E-state index in [0.29, 0.717) is 5.95 Å². The van der Waals surface area contributed by atoms with Crippen molar-refractivity contribution in [1.29, 1.82) is 0 Å². The highest BCUT2D eigenvalue weighted by Crippen LogP contribution is 2.02. The van der Waals surface area contributed by atoms with E-state index in [1.54, 1.807) is 12.5 Å². The molecule has 0 bridgehead atoms. The molecule has 1 atom stereocenters. The molecular formula is C10H12FN5. The number of imidazole rings is 1. The number of hydrogen-bond acceptors (Lipinski definition) is 4. The van der Waals surface area contributed by atoms with Gasteiger partial charge in [-0.25, -0.2) is 19.3 Å². The molecule has 2 heterocycles. The van der Waals surface area contributed by atoms with E-state index in [4.69, 9.17) is 0 Å². The molecular weight excluding hydrogens is 209 g/mol. The van der Waals surface area contributed by atoms with Crippen molar-refractivity contribution in [3.05, 3.63) is 36.9 Å². The Morgan fingerprint density at radius 2 is 2.19 bits per heavy atom. The highest BCUT2D eigenvalue weighted by molar-refractivity contribution is 5.23. The van der Waals surface area contributed by atoms with Crippen LogP contribution in [0.4, 0.5) is 10.3 Å². The lowest BCUT2D eigenvalue weighted by Crippen LogP contribution is -2.22. The minimum atomic E-state index is -0.437. The third-order valence-electron chi connectivity index (χ3n) is 2.04. The van der Waals surface area contributed by atoms with Gasteiger partial charge in [0.2, 0.25) is 5.95 Å². The van der Waals surface area contributed by atoms with Crippen molar-refractivity contribution in [3.8, 4) is 0 Å². The zero-order chi connectivity index (χ0) is 11.4. The Balaban J connectivity index is 1.92. The number of anilines is 1. The smallest absolute Gasteiger partial charge is 0.223 e. The molecule has 2 aromatic heterocycles. The quantitative estimate of drug-likeness (QED) is 0.845. The summed E-state index contributed by atoms with van der Waals surface area (Å²) < 4.78 is 14.5. The Hall–Kier alpha value is -1.98. The average molecular weight is 221 g/mol. The maximum atomic E-state index is 12.6. The van der Waals surface area contributed by atoms with Crippen LogP contribution in [0.25, 0.3) is 0 Å². The first-order valence-electron chi connectivity index (χ1n) is 4.94. The lowest BCUT2D eigenvalue weighted by atomic mass is 10.3. The molecule has 2 aromatic rings. The molecule has 0 saturated heterocycles. The van der Waals surface area contributed by atoms with Crippen molar-refractivity contribution in [2.75, 3.05) is 5.32 Å². The summed E-state index contributed by atoms with van der Waals surface area (Å²) in [5, 5.41) is 3.07. The van der Waals surface area contributed by atoms with Crippen molar-refractivity contribution in [3.63, 3.8) is 0 Å². The molecule has 0 saturated carbocycles. The Bertz CT molecular complexity index is 425. The van der Waals surface area contributed by atoms with Crippen molar-refractivity contribution >= 4 is 5.95 Å². The normalized spacial score (nSPS) is 12.4. The average Bonchev–Trinajstić information content (AvgIpc) is 2.74. The topological polar surface area (TPSA) is 55.6 Å². The lowest BCUT2D eigenvalue weighted by Gasteiger charge is -2.13. The molecule has 0 aromatic carbocycles. The van der Waals surface area contributed by atoms with Crippen molar-refractivity contribution < 1.29 is 4.39 Å². The van der Waals surface area contributed by atoms with Gasteiger partial charge in [-0.2, -0.15) is 0 Å². The van der Waals surface area contributed by atoms with E-state index in [1.165, 1.54) is 0 Å². The number of rotatable bonds is 4. The van der Waals surface area contributed by atoms with Gasteiger partial charge in [0, 0.05) is 25.0 Å². The van der Waals surface area contributed by atoms with Gasteiger partial charge in [0.25, 0.3) is 0 Å². The predicted molar refractivity (Wildman–Crippen MR) is 57.3 cm³/mol. The molecule has 1 N–H and O–H groups in total. The molecule has 84 valence electrons. The van der Waals surface area contributed by atoms with E-state index in [2.05, 4.69) is 20.3 Å². The van der Waals surface area contributed by atoms with Crippen LogP contribution in [0.3, 0.4) is 0 Å². The van der Waals surface area contributed by atoms with Gasteiger partial charge in [-0.3, -0.25) is 0 Å². The summed E-state index contributed by atoms with van der Waals surface area (Å²) in [6, 6.07) is 0.139. The summed E-state index contributed by atoms with van der Waals surface area (Å²) in [4.78, 5) is 11.6. The third kappa shape index (κ3) is 2.75. The van der Waals surface area contributed by atoms with Crippen LogP contribution < -0.4 is 5.32 Å². The van der Waals surface area contributed by atoms with E-state index in [-0.39, 0.29) is 6.04 Å². The summed E-state index contributed by atoms with van der Waals surface area (Å²) in [6.45, 7) is 2.74. The molecule has 0 spiro atoms. The van der Waals surface area contributed by atoms with Crippen LogP contribution in [0.15, 0.2) is 31.1 Å². The van der Waals surface area contributed by atoms with Gasteiger partial charge in [0.1, 0.15) is 0 Å². The van der Waals surface area contributed by atoms with E-state index in [0.717, 1.165) is 18.9 Å². The molecule has 0 fully saturated rings. The van der Waals surface area contributed by atoms with Crippen LogP contribution in [0.1, 0.15) is 6.92 Å². The highest BCUT2D eigenvalue weighted by Gasteiger charge is 2.04. The van der Waals surface area contributed by atoms with E-state index < -0.39 is 5.82 Å². The van der Waals surface area contributed by atoms with Gasteiger partial charge in [-0.15, -0.1) is 0 Å². The second kappa shape index (κ2) is 4.69. The minimum absolute atomic E-state index is 0.139. The Morgan fingerprint density at radius 1 is 1.44 bits per heavy atom. The van der Waals surface area contributed by atoms with Crippen LogP contribution in [0, 0.1) is 5.82 Å². The first-order valence-corrected chi connectivity index (χ1v) is 4.94. The number of halogens is 1. The second-order valence-electron chi connectivity index (χ2n) is 3.53. The zero-order valence-corrected chi connectivity index (χ0v) is 8.84. The van der Waals surface area contributed by atoms with Gasteiger partial charge >= 0.3 is 0 Å². The fraction of sp³-hybridized carbons (Fsp3) is 0.300.